The molecule has 0 heterocycles. The van der Waals surface area contributed by atoms with Gasteiger partial charge in [0.1, 0.15) is 5.75 Å². The average Bonchev–Trinajstić information content (AvgIpc) is 2.24. The Morgan fingerprint density at radius 3 is 2.44 bits per heavy atom. The van der Waals surface area contributed by atoms with Crippen LogP contribution >= 0.6 is 0 Å². The lowest BCUT2D eigenvalue weighted by molar-refractivity contribution is -0.147. The summed E-state index contributed by atoms with van der Waals surface area (Å²) < 4.78 is 5.24. The second kappa shape index (κ2) is 5.51. The van der Waals surface area contributed by atoms with Crippen molar-refractivity contribution in [1.82, 2.24) is 5.48 Å². The first-order chi connectivity index (χ1) is 7.47. The van der Waals surface area contributed by atoms with E-state index in [1.165, 1.54) is 0 Å². The Balaban J connectivity index is 2.26. The van der Waals surface area contributed by atoms with Gasteiger partial charge in [0, 0.05) is 0 Å². The molecule has 1 aromatic carbocycles. The van der Waals surface area contributed by atoms with Crippen molar-refractivity contribution < 1.29 is 14.4 Å². The second-order valence-corrected chi connectivity index (χ2v) is 4.34. The number of hydrogen-bond donors (Lipinski definition) is 1. The molecule has 0 bridgehead atoms. The number of hydroxylamine groups is 1. The van der Waals surface area contributed by atoms with Crippen LogP contribution in [-0.4, -0.2) is 18.1 Å². The van der Waals surface area contributed by atoms with Crippen LogP contribution in [0.25, 0.3) is 0 Å². The summed E-state index contributed by atoms with van der Waals surface area (Å²) in [6, 6.07) is 9.16. The van der Waals surface area contributed by atoms with E-state index >= 15 is 0 Å². The summed E-state index contributed by atoms with van der Waals surface area (Å²) in [5.74, 6) is 0.354. The molecule has 0 aliphatic carbocycles. The first-order valence-electron chi connectivity index (χ1n) is 5.12. The molecule has 1 amide bonds. The van der Waals surface area contributed by atoms with Crippen LogP contribution in [0.1, 0.15) is 20.8 Å². The predicted octanol–water partition coefficient (Wildman–Crippen LogP) is 1.91. The summed E-state index contributed by atoms with van der Waals surface area (Å²) in [4.78, 5) is 16.4. The minimum Gasteiger partial charge on any atom is -0.484 e. The smallest absolute Gasteiger partial charge is 0.281 e. The summed E-state index contributed by atoms with van der Waals surface area (Å²) in [5.41, 5.74) is 1.93. The van der Waals surface area contributed by atoms with E-state index in [0.29, 0.717) is 5.75 Å². The van der Waals surface area contributed by atoms with E-state index in [9.17, 15) is 4.79 Å². The molecule has 16 heavy (non-hydrogen) atoms. The maximum atomic E-state index is 11.3. The van der Waals surface area contributed by atoms with Gasteiger partial charge in [-0.3, -0.25) is 9.63 Å². The Bertz CT molecular complexity index is 330. The van der Waals surface area contributed by atoms with Gasteiger partial charge < -0.3 is 4.74 Å². The van der Waals surface area contributed by atoms with Crippen molar-refractivity contribution >= 4 is 5.91 Å². The van der Waals surface area contributed by atoms with Crippen LogP contribution < -0.4 is 10.2 Å². The number of benzene rings is 1. The fourth-order valence-corrected chi connectivity index (χ4v) is 0.905. The van der Waals surface area contributed by atoms with Crippen molar-refractivity contribution in [3.05, 3.63) is 30.3 Å². The first-order valence-corrected chi connectivity index (χ1v) is 5.12. The van der Waals surface area contributed by atoms with Crippen molar-refractivity contribution in [2.45, 2.75) is 26.4 Å². The highest BCUT2D eigenvalue weighted by Crippen LogP contribution is 2.08. The van der Waals surface area contributed by atoms with Crippen molar-refractivity contribution in [3.8, 4) is 5.75 Å². The van der Waals surface area contributed by atoms with Crippen LogP contribution in [0.5, 0.6) is 5.75 Å². The molecule has 0 radical (unpaired) electrons. The topological polar surface area (TPSA) is 47.6 Å². The summed E-state index contributed by atoms with van der Waals surface area (Å²) in [5, 5.41) is 0. The van der Waals surface area contributed by atoms with Crippen LogP contribution in [0.3, 0.4) is 0 Å². The van der Waals surface area contributed by atoms with Crippen LogP contribution in [-0.2, 0) is 9.63 Å². The molecule has 0 aliphatic rings. The van der Waals surface area contributed by atoms with Crippen LogP contribution in [0.15, 0.2) is 30.3 Å². The highest BCUT2D eigenvalue weighted by Gasteiger charge is 2.12. The molecule has 4 nitrogen and oxygen atoms in total. The minimum absolute atomic E-state index is 0.0555. The van der Waals surface area contributed by atoms with Gasteiger partial charge in [0.05, 0.1) is 5.60 Å². The van der Waals surface area contributed by atoms with E-state index in [1.807, 2.05) is 39.0 Å². The highest BCUT2D eigenvalue weighted by molar-refractivity contribution is 5.76. The standard InChI is InChI=1S/C12H17NO3/c1-12(2,3)16-13-11(14)9-15-10-7-5-4-6-8-10/h4-8H,9H2,1-3H3,(H,13,14). The Labute approximate surface area is 95.5 Å². The monoisotopic (exact) mass is 223 g/mol. The number of ether oxygens (including phenoxy) is 1. The third kappa shape index (κ3) is 5.36. The molecule has 0 saturated heterocycles. The third-order valence-electron chi connectivity index (χ3n) is 1.58. The molecule has 0 aromatic heterocycles. The Morgan fingerprint density at radius 2 is 1.88 bits per heavy atom. The minimum atomic E-state index is -0.400. The van der Waals surface area contributed by atoms with E-state index in [0.717, 1.165) is 0 Å². The Kier molecular flexibility index (Phi) is 4.31. The molecule has 0 aliphatic heterocycles. The van der Waals surface area contributed by atoms with Crippen LogP contribution in [0.2, 0.25) is 0 Å². The molecule has 1 aromatic rings. The number of nitrogens with one attached hydrogen (secondary N) is 1. The summed E-state index contributed by atoms with van der Waals surface area (Å²) >= 11 is 0. The molecular weight excluding hydrogens is 206 g/mol. The predicted molar refractivity (Wildman–Crippen MR) is 60.9 cm³/mol. The highest BCUT2D eigenvalue weighted by atomic mass is 16.7. The molecule has 1 N–H and O–H groups in total. The number of amides is 1. The zero-order valence-electron chi connectivity index (χ0n) is 9.82. The van der Waals surface area contributed by atoms with Gasteiger partial charge in [-0.2, -0.15) is 0 Å². The average molecular weight is 223 g/mol. The van der Waals surface area contributed by atoms with E-state index in [4.69, 9.17) is 9.57 Å². The molecule has 4 heteroatoms. The van der Waals surface area contributed by atoms with E-state index in [1.54, 1.807) is 12.1 Å². The number of carbonyl (C=O) groups is 1. The van der Waals surface area contributed by atoms with Crippen molar-refractivity contribution in [3.63, 3.8) is 0 Å². The fourth-order valence-electron chi connectivity index (χ4n) is 0.905. The summed E-state index contributed by atoms with van der Waals surface area (Å²) in [6.45, 7) is 5.50. The molecule has 0 saturated carbocycles. The number of rotatable bonds is 4. The molecule has 0 atom stereocenters. The van der Waals surface area contributed by atoms with Gasteiger partial charge in [0.2, 0.25) is 0 Å². The zero-order valence-corrected chi connectivity index (χ0v) is 9.82. The number of hydrogen-bond acceptors (Lipinski definition) is 3. The lowest BCUT2D eigenvalue weighted by Gasteiger charge is -2.18. The van der Waals surface area contributed by atoms with Crippen molar-refractivity contribution in [2.75, 3.05) is 6.61 Å². The van der Waals surface area contributed by atoms with Gasteiger partial charge in [-0.15, -0.1) is 0 Å². The maximum absolute atomic E-state index is 11.3. The lowest BCUT2D eigenvalue weighted by Crippen LogP contribution is -2.36. The first kappa shape index (κ1) is 12.5. The van der Waals surface area contributed by atoms with Gasteiger partial charge in [-0.25, -0.2) is 5.48 Å². The molecule has 88 valence electrons. The maximum Gasteiger partial charge on any atom is 0.281 e. The van der Waals surface area contributed by atoms with Crippen LogP contribution in [0.4, 0.5) is 0 Å². The second-order valence-electron chi connectivity index (χ2n) is 4.34. The SMILES string of the molecule is CC(C)(C)ONC(=O)COc1ccccc1. The molecular formula is C12H17NO3. The largest absolute Gasteiger partial charge is 0.484 e. The zero-order chi connectivity index (χ0) is 12.0. The van der Waals surface area contributed by atoms with Gasteiger partial charge in [0.15, 0.2) is 6.61 Å². The molecule has 1 rings (SSSR count). The molecule has 0 fully saturated rings. The lowest BCUT2D eigenvalue weighted by atomic mass is 10.2. The Hall–Kier alpha value is -1.55. The van der Waals surface area contributed by atoms with Gasteiger partial charge in [-0.05, 0) is 32.9 Å². The molecule has 0 unspecified atom stereocenters. The quantitative estimate of drug-likeness (QED) is 0.793. The van der Waals surface area contributed by atoms with Crippen molar-refractivity contribution in [2.24, 2.45) is 0 Å². The number of para-hydroxylation sites is 1. The summed E-state index contributed by atoms with van der Waals surface area (Å²) in [6.07, 6.45) is 0. The van der Waals surface area contributed by atoms with E-state index < -0.39 is 5.60 Å². The van der Waals surface area contributed by atoms with E-state index in [2.05, 4.69) is 5.48 Å². The van der Waals surface area contributed by atoms with Crippen LogP contribution in [0, 0.1) is 0 Å². The van der Waals surface area contributed by atoms with Gasteiger partial charge >= 0.3 is 0 Å². The Morgan fingerprint density at radius 1 is 1.25 bits per heavy atom. The normalized spacial score (nSPS) is 10.9. The number of carbonyl (C=O) groups excluding carboxylic acids is 1. The van der Waals surface area contributed by atoms with Gasteiger partial charge in [0.25, 0.3) is 5.91 Å². The van der Waals surface area contributed by atoms with Crippen molar-refractivity contribution in [1.29, 1.82) is 0 Å². The van der Waals surface area contributed by atoms with Gasteiger partial charge in [-0.1, -0.05) is 18.2 Å². The molecule has 0 spiro atoms. The fraction of sp³-hybridized carbons (Fsp3) is 0.417. The summed E-state index contributed by atoms with van der Waals surface area (Å²) in [7, 11) is 0. The third-order valence-corrected chi connectivity index (χ3v) is 1.58. The van der Waals surface area contributed by atoms with E-state index in [-0.39, 0.29) is 12.5 Å².